The van der Waals surface area contributed by atoms with Crippen LogP contribution in [0.15, 0.2) is 24.4 Å². The first kappa shape index (κ1) is 20.3. The number of carbonyl (C=O) groups excluding carboxylic acids is 1. The SMILES string of the molecule is CCCCCN(CCCCC)C(=O)[C@H](N)Cc1c[nH]c2ccc(O)cc12. The van der Waals surface area contributed by atoms with E-state index < -0.39 is 6.04 Å². The third-order valence-corrected chi connectivity index (χ3v) is 4.88. The molecule has 0 saturated heterocycles. The smallest absolute Gasteiger partial charge is 0.239 e. The summed E-state index contributed by atoms with van der Waals surface area (Å²) in [5.41, 5.74) is 8.20. The molecule has 5 nitrogen and oxygen atoms in total. The second kappa shape index (κ2) is 10.2. The van der Waals surface area contributed by atoms with Crippen LogP contribution in [0.1, 0.15) is 57.9 Å². The number of nitrogens with one attached hydrogen (secondary N) is 1. The maximum atomic E-state index is 12.9. The zero-order valence-corrected chi connectivity index (χ0v) is 16.1. The molecule has 0 aliphatic rings. The van der Waals surface area contributed by atoms with Crippen molar-refractivity contribution in [3.05, 3.63) is 30.0 Å². The molecule has 1 aromatic carbocycles. The molecule has 26 heavy (non-hydrogen) atoms. The summed E-state index contributed by atoms with van der Waals surface area (Å²) in [7, 11) is 0. The zero-order chi connectivity index (χ0) is 18.9. The number of phenols is 1. The minimum absolute atomic E-state index is 0.0340. The second-order valence-electron chi connectivity index (χ2n) is 7.09. The zero-order valence-electron chi connectivity index (χ0n) is 16.1. The van der Waals surface area contributed by atoms with Crippen LogP contribution in [-0.4, -0.2) is 40.0 Å². The van der Waals surface area contributed by atoms with Crippen molar-refractivity contribution in [2.45, 2.75) is 64.8 Å². The lowest BCUT2D eigenvalue weighted by atomic mass is 10.0. The predicted octanol–water partition coefficient (Wildman–Crippen LogP) is 3.95. The number of fused-ring (bicyclic) bond motifs is 1. The Kier molecular flexibility index (Phi) is 7.98. The average molecular weight is 360 g/mol. The molecule has 0 bridgehead atoms. The molecule has 0 spiro atoms. The molecule has 1 atom stereocenters. The van der Waals surface area contributed by atoms with Gasteiger partial charge < -0.3 is 20.7 Å². The lowest BCUT2D eigenvalue weighted by molar-refractivity contribution is -0.132. The molecule has 0 aliphatic heterocycles. The van der Waals surface area contributed by atoms with Crippen LogP contribution in [0.5, 0.6) is 5.75 Å². The standard InChI is InChI=1S/C21H33N3O2/c1-3-5-7-11-24(12-8-6-4-2)21(26)19(22)13-16-15-23-20-10-9-17(25)14-18(16)20/h9-10,14-15,19,23,25H,3-8,11-13,22H2,1-2H3/t19-/m1/s1. The van der Waals surface area contributed by atoms with Gasteiger partial charge >= 0.3 is 0 Å². The number of unbranched alkanes of at least 4 members (excludes halogenated alkanes) is 4. The number of aromatic amines is 1. The van der Waals surface area contributed by atoms with Gasteiger partial charge in [-0.05, 0) is 43.0 Å². The van der Waals surface area contributed by atoms with E-state index >= 15 is 0 Å². The third-order valence-electron chi connectivity index (χ3n) is 4.88. The van der Waals surface area contributed by atoms with Gasteiger partial charge in [-0.15, -0.1) is 0 Å². The minimum atomic E-state index is -0.556. The van der Waals surface area contributed by atoms with E-state index in [1.54, 1.807) is 12.1 Å². The highest BCUT2D eigenvalue weighted by Gasteiger charge is 2.22. The highest BCUT2D eigenvalue weighted by molar-refractivity contribution is 5.87. The molecule has 144 valence electrons. The number of benzene rings is 1. The summed E-state index contributed by atoms with van der Waals surface area (Å²) in [6, 6.07) is 4.65. The summed E-state index contributed by atoms with van der Waals surface area (Å²) >= 11 is 0. The highest BCUT2D eigenvalue weighted by Crippen LogP contribution is 2.24. The summed E-state index contributed by atoms with van der Waals surface area (Å²) in [5.74, 6) is 0.255. The lowest BCUT2D eigenvalue weighted by Crippen LogP contribution is -2.45. The summed E-state index contributed by atoms with van der Waals surface area (Å²) in [6.45, 7) is 5.92. The fourth-order valence-electron chi connectivity index (χ4n) is 3.33. The number of nitrogens with zero attached hydrogens (tertiary/aromatic N) is 1. The number of amides is 1. The summed E-state index contributed by atoms with van der Waals surface area (Å²) < 4.78 is 0. The Morgan fingerprint density at radius 2 is 1.81 bits per heavy atom. The molecule has 0 saturated carbocycles. The molecule has 1 amide bonds. The van der Waals surface area contributed by atoms with Crippen molar-refractivity contribution in [1.82, 2.24) is 9.88 Å². The molecule has 4 N–H and O–H groups in total. The van der Waals surface area contributed by atoms with Crippen molar-refractivity contribution < 1.29 is 9.90 Å². The van der Waals surface area contributed by atoms with Crippen LogP contribution >= 0.6 is 0 Å². The Morgan fingerprint density at radius 3 is 2.42 bits per heavy atom. The number of nitrogens with two attached hydrogens (primary N) is 1. The van der Waals surface area contributed by atoms with Gasteiger partial charge in [-0.2, -0.15) is 0 Å². The molecule has 2 rings (SSSR count). The molecule has 2 aromatic rings. The molecule has 0 unspecified atom stereocenters. The van der Waals surface area contributed by atoms with Crippen LogP contribution in [0.4, 0.5) is 0 Å². The number of rotatable bonds is 11. The van der Waals surface area contributed by atoms with Gasteiger partial charge in [0.1, 0.15) is 5.75 Å². The topological polar surface area (TPSA) is 82.3 Å². The van der Waals surface area contributed by atoms with Crippen molar-refractivity contribution >= 4 is 16.8 Å². The normalized spacial score (nSPS) is 12.4. The van der Waals surface area contributed by atoms with E-state index in [1.807, 2.05) is 17.2 Å². The van der Waals surface area contributed by atoms with Crippen LogP contribution < -0.4 is 5.73 Å². The molecular formula is C21H33N3O2. The molecule has 0 aliphatic carbocycles. The maximum Gasteiger partial charge on any atom is 0.239 e. The summed E-state index contributed by atoms with van der Waals surface area (Å²) in [4.78, 5) is 18.0. The number of hydrogen-bond donors (Lipinski definition) is 3. The van der Waals surface area contributed by atoms with Crippen molar-refractivity contribution in [1.29, 1.82) is 0 Å². The summed E-state index contributed by atoms with van der Waals surface area (Å²) in [5, 5.41) is 10.7. The third kappa shape index (κ3) is 5.49. The Morgan fingerprint density at radius 1 is 1.15 bits per heavy atom. The van der Waals surface area contributed by atoms with Crippen molar-refractivity contribution in [3.63, 3.8) is 0 Å². The largest absolute Gasteiger partial charge is 0.508 e. The fourth-order valence-corrected chi connectivity index (χ4v) is 3.33. The van der Waals surface area contributed by atoms with E-state index in [-0.39, 0.29) is 11.7 Å². The molecule has 1 heterocycles. The van der Waals surface area contributed by atoms with Crippen LogP contribution in [0.3, 0.4) is 0 Å². The quantitative estimate of drug-likeness (QED) is 0.531. The van der Waals surface area contributed by atoms with Crippen LogP contribution in [0.25, 0.3) is 10.9 Å². The number of H-pyrrole nitrogens is 1. The minimum Gasteiger partial charge on any atom is -0.508 e. The van der Waals surface area contributed by atoms with E-state index in [0.29, 0.717) is 6.42 Å². The number of aromatic nitrogens is 1. The Bertz CT molecular complexity index is 686. The first-order valence-electron chi connectivity index (χ1n) is 9.90. The Balaban J connectivity index is 2.04. The number of hydrogen-bond acceptors (Lipinski definition) is 3. The number of aromatic hydroxyl groups is 1. The molecule has 0 radical (unpaired) electrons. The van der Waals surface area contributed by atoms with E-state index in [9.17, 15) is 9.90 Å². The van der Waals surface area contributed by atoms with E-state index in [0.717, 1.165) is 68.1 Å². The monoisotopic (exact) mass is 359 g/mol. The lowest BCUT2D eigenvalue weighted by Gasteiger charge is -2.26. The van der Waals surface area contributed by atoms with Gasteiger partial charge in [-0.1, -0.05) is 39.5 Å². The number of phenolic OH excluding ortho intramolecular Hbond substituents is 1. The van der Waals surface area contributed by atoms with Gasteiger partial charge in [-0.3, -0.25) is 4.79 Å². The molecule has 5 heteroatoms. The highest BCUT2D eigenvalue weighted by atomic mass is 16.3. The molecule has 0 fully saturated rings. The van der Waals surface area contributed by atoms with Crippen molar-refractivity contribution in [2.75, 3.05) is 13.1 Å². The molecular weight excluding hydrogens is 326 g/mol. The fraction of sp³-hybridized carbons (Fsp3) is 0.571. The van der Waals surface area contributed by atoms with Gasteiger partial charge in [0.15, 0.2) is 0 Å². The van der Waals surface area contributed by atoms with Gasteiger partial charge in [0.05, 0.1) is 6.04 Å². The van der Waals surface area contributed by atoms with Crippen LogP contribution in [0.2, 0.25) is 0 Å². The first-order chi connectivity index (χ1) is 12.6. The average Bonchev–Trinajstić information content (AvgIpc) is 3.02. The first-order valence-corrected chi connectivity index (χ1v) is 9.90. The van der Waals surface area contributed by atoms with E-state index in [2.05, 4.69) is 18.8 Å². The van der Waals surface area contributed by atoms with E-state index in [4.69, 9.17) is 5.73 Å². The Hall–Kier alpha value is -2.01. The Labute approximate surface area is 156 Å². The van der Waals surface area contributed by atoms with Crippen LogP contribution in [-0.2, 0) is 11.2 Å². The van der Waals surface area contributed by atoms with E-state index in [1.165, 1.54) is 0 Å². The number of carbonyl (C=O) groups is 1. The molecule has 1 aromatic heterocycles. The van der Waals surface area contributed by atoms with Crippen molar-refractivity contribution in [3.8, 4) is 5.75 Å². The van der Waals surface area contributed by atoms with Gasteiger partial charge in [0, 0.05) is 30.2 Å². The predicted molar refractivity (Wildman–Crippen MR) is 107 cm³/mol. The van der Waals surface area contributed by atoms with Gasteiger partial charge in [-0.25, -0.2) is 0 Å². The summed E-state index contributed by atoms with van der Waals surface area (Å²) in [6.07, 6.45) is 8.97. The van der Waals surface area contributed by atoms with Gasteiger partial charge in [0.25, 0.3) is 0 Å². The van der Waals surface area contributed by atoms with Gasteiger partial charge in [0.2, 0.25) is 5.91 Å². The second-order valence-corrected chi connectivity index (χ2v) is 7.09. The maximum absolute atomic E-state index is 12.9. The van der Waals surface area contributed by atoms with Crippen molar-refractivity contribution in [2.24, 2.45) is 5.73 Å². The van der Waals surface area contributed by atoms with Crippen LogP contribution in [0, 0.1) is 0 Å².